The molecule has 0 radical (unpaired) electrons. The molecule has 10 aromatic rings. The lowest BCUT2D eigenvalue weighted by molar-refractivity contribution is 0.659. The van der Waals surface area contributed by atoms with Gasteiger partial charge in [-0.05, 0) is 108 Å². The second-order valence-corrected chi connectivity index (χ2v) is 16.5. The van der Waals surface area contributed by atoms with E-state index in [0.717, 1.165) is 21.9 Å². The van der Waals surface area contributed by atoms with Crippen LogP contribution in [0.15, 0.2) is 217 Å². The fourth-order valence-electron chi connectivity index (χ4n) is 9.45. The third-order valence-corrected chi connectivity index (χ3v) is 12.7. The zero-order valence-corrected chi connectivity index (χ0v) is 33.2. The van der Waals surface area contributed by atoms with E-state index in [0.29, 0.717) is 0 Å². The molecule has 1 heteroatoms. The summed E-state index contributed by atoms with van der Waals surface area (Å²) >= 11 is 0. The molecule has 59 heavy (non-hydrogen) atoms. The Balaban J connectivity index is 0.957. The van der Waals surface area contributed by atoms with Gasteiger partial charge in [-0.15, -0.1) is 0 Å². The number of benzene rings is 9. The van der Waals surface area contributed by atoms with Crippen molar-refractivity contribution in [3.63, 3.8) is 0 Å². The predicted octanol–water partition coefficient (Wildman–Crippen LogP) is 15.7. The molecule has 1 heterocycles. The topological polar surface area (TPSA) is 13.1 Å². The van der Waals surface area contributed by atoms with Crippen LogP contribution in [0, 0.1) is 0 Å². The number of hydrogen-bond donors (Lipinski definition) is 0. The van der Waals surface area contributed by atoms with Gasteiger partial charge < -0.3 is 4.42 Å². The van der Waals surface area contributed by atoms with Crippen LogP contribution in [0.4, 0.5) is 0 Å². The molecule has 0 amide bonds. The number of para-hydroxylation sites is 1. The minimum absolute atomic E-state index is 0.0604. The minimum Gasteiger partial charge on any atom is -0.456 e. The van der Waals surface area contributed by atoms with Crippen LogP contribution in [-0.4, -0.2) is 0 Å². The van der Waals surface area contributed by atoms with Gasteiger partial charge in [-0.25, -0.2) is 0 Å². The molecule has 1 aromatic heterocycles. The van der Waals surface area contributed by atoms with Gasteiger partial charge in [-0.1, -0.05) is 202 Å². The molecule has 1 nitrogen and oxygen atoms in total. The van der Waals surface area contributed by atoms with Gasteiger partial charge >= 0.3 is 0 Å². The molecule has 1 aliphatic rings. The summed E-state index contributed by atoms with van der Waals surface area (Å²) in [7, 11) is 0. The third kappa shape index (κ3) is 6.10. The summed E-state index contributed by atoms with van der Waals surface area (Å²) in [6.45, 7) is 4.77. The lowest BCUT2D eigenvalue weighted by Gasteiger charge is -2.25. The van der Waals surface area contributed by atoms with Crippen LogP contribution in [0.2, 0.25) is 0 Å². The quantitative estimate of drug-likeness (QED) is 0.148. The van der Waals surface area contributed by atoms with E-state index in [9.17, 15) is 0 Å². The fraction of sp³-hybridized carbons (Fsp3) is 0.0690. The van der Waals surface area contributed by atoms with Crippen molar-refractivity contribution >= 4 is 21.9 Å². The van der Waals surface area contributed by atoms with Crippen LogP contribution >= 0.6 is 0 Å². The first-order valence-electron chi connectivity index (χ1n) is 20.6. The Bertz CT molecular complexity index is 3130. The summed E-state index contributed by atoms with van der Waals surface area (Å²) in [6.07, 6.45) is 0. The van der Waals surface area contributed by atoms with E-state index < -0.39 is 0 Å². The summed E-state index contributed by atoms with van der Waals surface area (Å²) in [5.41, 5.74) is 20.6. The van der Waals surface area contributed by atoms with E-state index in [-0.39, 0.29) is 11.3 Å². The first-order valence-corrected chi connectivity index (χ1v) is 20.6. The maximum atomic E-state index is 6.28. The SMILES string of the molecule is CC1(C)c2cc(-c3ccc4c(c3)oc3ccccc34)ccc2-c2ccc(C(c3ccc(-c4ccccc4)cc3)c3ccc(-c4ccc(-c5ccccc5)cc4)cc3)cc21. The number of furan rings is 1. The largest absolute Gasteiger partial charge is 0.456 e. The van der Waals surface area contributed by atoms with Gasteiger partial charge in [0.2, 0.25) is 0 Å². The normalized spacial score (nSPS) is 13.3. The van der Waals surface area contributed by atoms with Gasteiger partial charge in [0.1, 0.15) is 11.2 Å². The van der Waals surface area contributed by atoms with E-state index >= 15 is 0 Å². The molecule has 11 rings (SSSR count). The lowest BCUT2D eigenvalue weighted by Crippen LogP contribution is -2.16. The number of fused-ring (bicyclic) bond motifs is 6. The highest BCUT2D eigenvalue weighted by Gasteiger charge is 2.36. The molecule has 0 saturated carbocycles. The molecule has 0 fully saturated rings. The zero-order chi connectivity index (χ0) is 39.5. The van der Waals surface area contributed by atoms with Crippen molar-refractivity contribution in [1.82, 2.24) is 0 Å². The minimum atomic E-state index is -0.183. The van der Waals surface area contributed by atoms with Crippen LogP contribution in [-0.2, 0) is 5.41 Å². The highest BCUT2D eigenvalue weighted by atomic mass is 16.3. The Hall–Kier alpha value is -7.22. The molecular formula is C58H42O. The van der Waals surface area contributed by atoms with Gasteiger partial charge in [0.05, 0.1) is 0 Å². The van der Waals surface area contributed by atoms with Crippen molar-refractivity contribution in [2.75, 3.05) is 0 Å². The van der Waals surface area contributed by atoms with E-state index in [1.165, 1.54) is 83.5 Å². The van der Waals surface area contributed by atoms with Crippen LogP contribution < -0.4 is 0 Å². The predicted molar refractivity (Wildman–Crippen MR) is 247 cm³/mol. The van der Waals surface area contributed by atoms with Crippen molar-refractivity contribution in [2.45, 2.75) is 25.2 Å². The van der Waals surface area contributed by atoms with Crippen molar-refractivity contribution in [3.8, 4) is 55.6 Å². The average molecular weight is 755 g/mol. The number of rotatable bonds is 7. The average Bonchev–Trinajstić information content (AvgIpc) is 3.78. The Labute approximate surface area is 345 Å². The van der Waals surface area contributed by atoms with Gasteiger partial charge in [-0.3, -0.25) is 0 Å². The molecule has 1 aliphatic carbocycles. The highest BCUT2D eigenvalue weighted by Crippen LogP contribution is 2.51. The van der Waals surface area contributed by atoms with Crippen LogP contribution in [0.25, 0.3) is 77.6 Å². The molecule has 0 N–H and O–H groups in total. The first-order chi connectivity index (χ1) is 29.0. The summed E-state index contributed by atoms with van der Waals surface area (Å²) in [5.74, 6) is 0.0604. The standard InChI is InChI=1S/C58H42O/c1-58(2)53-35-46(47-30-34-52-51-15-9-10-16-55(51)59-56(52)37-47)29-32-49(53)50-33-31-48(36-54(50)58)57(44-25-21-41(22-26-44)39-13-7-4-8-14-39)45-27-23-43(24-28-45)42-19-17-40(18-20-42)38-11-5-3-6-12-38/h3-37,57H,1-2H3. The highest BCUT2D eigenvalue weighted by molar-refractivity contribution is 6.06. The third-order valence-electron chi connectivity index (χ3n) is 12.7. The van der Waals surface area contributed by atoms with Gasteiger partial charge in [-0.2, -0.15) is 0 Å². The smallest absolute Gasteiger partial charge is 0.136 e. The van der Waals surface area contributed by atoms with Gasteiger partial charge in [0, 0.05) is 22.1 Å². The van der Waals surface area contributed by atoms with Crippen molar-refractivity contribution in [2.24, 2.45) is 0 Å². The lowest BCUT2D eigenvalue weighted by atomic mass is 9.78. The van der Waals surface area contributed by atoms with Crippen molar-refractivity contribution < 1.29 is 4.42 Å². The van der Waals surface area contributed by atoms with Crippen molar-refractivity contribution in [3.05, 3.63) is 240 Å². The molecule has 1 atom stereocenters. The molecule has 1 unspecified atom stereocenters. The summed E-state index contributed by atoms with van der Waals surface area (Å²) in [5, 5.41) is 2.31. The Morgan fingerprint density at radius 3 is 1.32 bits per heavy atom. The van der Waals surface area contributed by atoms with E-state index in [2.05, 4.69) is 214 Å². The van der Waals surface area contributed by atoms with Gasteiger partial charge in [0.25, 0.3) is 0 Å². The maximum absolute atomic E-state index is 6.28. The molecule has 0 aliphatic heterocycles. The second-order valence-electron chi connectivity index (χ2n) is 16.5. The van der Waals surface area contributed by atoms with Crippen molar-refractivity contribution in [1.29, 1.82) is 0 Å². The Morgan fingerprint density at radius 2 is 0.729 bits per heavy atom. The molecule has 0 bridgehead atoms. The second kappa shape index (κ2) is 14.0. The molecule has 0 saturated heterocycles. The van der Waals surface area contributed by atoms with E-state index in [1.807, 2.05) is 12.1 Å². The van der Waals surface area contributed by atoms with Gasteiger partial charge in [0.15, 0.2) is 0 Å². The monoisotopic (exact) mass is 754 g/mol. The van der Waals surface area contributed by atoms with E-state index in [4.69, 9.17) is 4.42 Å². The molecule has 9 aromatic carbocycles. The number of hydrogen-bond acceptors (Lipinski definition) is 1. The maximum Gasteiger partial charge on any atom is 0.136 e. The molecular weight excluding hydrogens is 713 g/mol. The summed E-state index contributed by atoms with van der Waals surface area (Å²) < 4.78 is 6.28. The fourth-order valence-corrected chi connectivity index (χ4v) is 9.45. The Morgan fingerprint density at radius 1 is 0.322 bits per heavy atom. The first kappa shape index (κ1) is 35.0. The molecule has 0 spiro atoms. The van der Waals surface area contributed by atoms with Crippen LogP contribution in [0.5, 0.6) is 0 Å². The summed E-state index contributed by atoms with van der Waals surface area (Å²) in [4.78, 5) is 0. The Kier molecular flexibility index (Phi) is 8.31. The summed E-state index contributed by atoms with van der Waals surface area (Å²) in [6, 6.07) is 77.7. The van der Waals surface area contributed by atoms with Crippen LogP contribution in [0.1, 0.15) is 47.6 Å². The zero-order valence-electron chi connectivity index (χ0n) is 33.2. The van der Waals surface area contributed by atoms with Crippen LogP contribution in [0.3, 0.4) is 0 Å². The molecule has 280 valence electrons. The van der Waals surface area contributed by atoms with E-state index in [1.54, 1.807) is 0 Å².